The maximum Gasteiger partial charge on any atom is 0.251 e. The van der Waals surface area contributed by atoms with Gasteiger partial charge in [-0.2, -0.15) is 0 Å². The Morgan fingerprint density at radius 2 is 1.95 bits per heavy atom. The SMILES string of the molecule is Cc1ccc(C)c(C(=O)NCCc2csc3ccccc23)c1. The minimum Gasteiger partial charge on any atom is -0.352 e. The molecule has 2 nitrogen and oxygen atoms in total. The lowest BCUT2D eigenvalue weighted by Crippen LogP contribution is -2.26. The number of carbonyl (C=O) groups is 1. The fourth-order valence-electron chi connectivity index (χ4n) is 2.61. The molecule has 0 aliphatic rings. The standard InChI is InChI=1S/C19H19NOS/c1-13-7-8-14(2)17(11-13)19(21)20-10-9-15-12-22-18-6-4-3-5-16(15)18/h3-8,11-12H,9-10H2,1-2H3,(H,20,21). The highest BCUT2D eigenvalue weighted by molar-refractivity contribution is 7.17. The number of amides is 1. The van der Waals surface area contributed by atoms with Crippen LogP contribution in [0.15, 0.2) is 47.8 Å². The minimum absolute atomic E-state index is 0.0146. The first kappa shape index (κ1) is 14.8. The van der Waals surface area contributed by atoms with E-state index in [1.54, 1.807) is 11.3 Å². The fourth-order valence-corrected chi connectivity index (χ4v) is 3.61. The van der Waals surface area contributed by atoms with Crippen LogP contribution >= 0.6 is 11.3 Å². The lowest BCUT2D eigenvalue weighted by atomic mass is 10.0. The van der Waals surface area contributed by atoms with Gasteiger partial charge in [-0.05, 0) is 54.3 Å². The van der Waals surface area contributed by atoms with Crippen LogP contribution in [0.2, 0.25) is 0 Å². The summed E-state index contributed by atoms with van der Waals surface area (Å²) < 4.78 is 1.30. The fraction of sp³-hybridized carbons (Fsp3) is 0.211. The Kier molecular flexibility index (Phi) is 4.25. The molecule has 0 saturated heterocycles. The first-order valence-electron chi connectivity index (χ1n) is 7.46. The molecule has 0 saturated carbocycles. The third kappa shape index (κ3) is 3.04. The molecular weight excluding hydrogens is 290 g/mol. The molecular formula is C19H19NOS. The van der Waals surface area contributed by atoms with Crippen LogP contribution < -0.4 is 5.32 Å². The van der Waals surface area contributed by atoms with E-state index in [2.05, 4.69) is 35.0 Å². The number of fused-ring (bicyclic) bond motifs is 1. The van der Waals surface area contributed by atoms with Gasteiger partial charge in [-0.15, -0.1) is 11.3 Å². The van der Waals surface area contributed by atoms with Gasteiger partial charge in [0.25, 0.3) is 5.91 Å². The zero-order valence-electron chi connectivity index (χ0n) is 12.8. The summed E-state index contributed by atoms with van der Waals surface area (Å²) in [6.07, 6.45) is 0.862. The Bertz CT molecular complexity index is 819. The minimum atomic E-state index is 0.0146. The maximum atomic E-state index is 12.3. The first-order chi connectivity index (χ1) is 10.6. The average molecular weight is 309 g/mol. The van der Waals surface area contributed by atoms with Crippen molar-refractivity contribution in [3.63, 3.8) is 0 Å². The number of aryl methyl sites for hydroxylation is 2. The highest BCUT2D eigenvalue weighted by Gasteiger charge is 2.09. The molecule has 0 unspecified atom stereocenters. The lowest BCUT2D eigenvalue weighted by molar-refractivity contribution is 0.0953. The molecule has 0 fully saturated rings. The van der Waals surface area contributed by atoms with E-state index in [9.17, 15) is 4.79 Å². The van der Waals surface area contributed by atoms with Gasteiger partial charge in [-0.25, -0.2) is 0 Å². The van der Waals surface area contributed by atoms with E-state index in [4.69, 9.17) is 0 Å². The van der Waals surface area contributed by atoms with Gasteiger partial charge in [0.2, 0.25) is 0 Å². The van der Waals surface area contributed by atoms with Crippen LogP contribution in [0, 0.1) is 13.8 Å². The van der Waals surface area contributed by atoms with Crippen molar-refractivity contribution < 1.29 is 4.79 Å². The van der Waals surface area contributed by atoms with Crippen LogP contribution in [0.4, 0.5) is 0 Å². The molecule has 0 spiro atoms. The molecule has 3 aromatic rings. The van der Waals surface area contributed by atoms with Crippen molar-refractivity contribution in [3.05, 3.63) is 70.1 Å². The van der Waals surface area contributed by atoms with E-state index in [0.29, 0.717) is 6.54 Å². The van der Waals surface area contributed by atoms with Crippen molar-refractivity contribution in [2.75, 3.05) is 6.54 Å². The van der Waals surface area contributed by atoms with Crippen LogP contribution in [-0.4, -0.2) is 12.5 Å². The third-order valence-corrected chi connectivity index (χ3v) is 4.89. The molecule has 0 aliphatic heterocycles. The molecule has 0 atom stereocenters. The van der Waals surface area contributed by atoms with Crippen LogP contribution in [-0.2, 0) is 6.42 Å². The number of rotatable bonds is 4. The zero-order chi connectivity index (χ0) is 15.5. The molecule has 3 heteroatoms. The molecule has 3 rings (SSSR count). The monoisotopic (exact) mass is 309 g/mol. The summed E-state index contributed by atoms with van der Waals surface area (Å²) in [5.74, 6) is 0.0146. The summed E-state index contributed by atoms with van der Waals surface area (Å²) in [6, 6.07) is 14.4. The van der Waals surface area contributed by atoms with E-state index in [0.717, 1.165) is 23.1 Å². The van der Waals surface area contributed by atoms with E-state index in [-0.39, 0.29) is 5.91 Å². The van der Waals surface area contributed by atoms with Gasteiger partial charge >= 0.3 is 0 Å². The summed E-state index contributed by atoms with van der Waals surface area (Å²) in [5, 5.41) is 6.52. The van der Waals surface area contributed by atoms with Gasteiger partial charge in [0.1, 0.15) is 0 Å². The molecule has 1 aromatic heterocycles. The Morgan fingerprint density at radius 3 is 2.82 bits per heavy atom. The lowest BCUT2D eigenvalue weighted by Gasteiger charge is -2.08. The van der Waals surface area contributed by atoms with Gasteiger partial charge in [0.15, 0.2) is 0 Å². The van der Waals surface area contributed by atoms with Gasteiger partial charge in [-0.3, -0.25) is 4.79 Å². The van der Waals surface area contributed by atoms with Crippen molar-refractivity contribution in [1.82, 2.24) is 5.32 Å². The van der Waals surface area contributed by atoms with E-state index >= 15 is 0 Å². The number of carbonyl (C=O) groups excluding carboxylic acids is 1. The second-order valence-electron chi connectivity index (χ2n) is 5.58. The Hall–Kier alpha value is -2.13. The van der Waals surface area contributed by atoms with Crippen molar-refractivity contribution in [1.29, 1.82) is 0 Å². The highest BCUT2D eigenvalue weighted by atomic mass is 32.1. The number of hydrogen-bond donors (Lipinski definition) is 1. The summed E-state index contributed by atoms with van der Waals surface area (Å²) in [5.41, 5.74) is 4.21. The van der Waals surface area contributed by atoms with E-state index in [1.165, 1.54) is 15.6 Å². The maximum absolute atomic E-state index is 12.3. The van der Waals surface area contributed by atoms with Crippen LogP contribution in [0.3, 0.4) is 0 Å². The number of hydrogen-bond acceptors (Lipinski definition) is 2. The van der Waals surface area contributed by atoms with Gasteiger partial charge < -0.3 is 5.32 Å². The van der Waals surface area contributed by atoms with Crippen molar-refractivity contribution in [2.24, 2.45) is 0 Å². The number of benzene rings is 2. The predicted octanol–water partition coefficient (Wildman–Crippen LogP) is 4.49. The predicted molar refractivity (Wildman–Crippen MR) is 93.8 cm³/mol. The summed E-state index contributed by atoms with van der Waals surface area (Å²) in [6.45, 7) is 4.64. The van der Waals surface area contributed by atoms with Crippen molar-refractivity contribution in [3.8, 4) is 0 Å². The third-order valence-electron chi connectivity index (χ3n) is 3.88. The largest absolute Gasteiger partial charge is 0.352 e. The van der Waals surface area contributed by atoms with E-state index < -0.39 is 0 Å². The van der Waals surface area contributed by atoms with Gasteiger partial charge in [0.05, 0.1) is 0 Å². The molecule has 112 valence electrons. The quantitative estimate of drug-likeness (QED) is 0.756. The second kappa shape index (κ2) is 6.32. The van der Waals surface area contributed by atoms with E-state index in [1.807, 2.05) is 32.0 Å². The summed E-state index contributed by atoms with van der Waals surface area (Å²) in [4.78, 5) is 12.3. The Labute approximate surface area is 134 Å². The molecule has 0 radical (unpaired) electrons. The molecule has 0 bridgehead atoms. The summed E-state index contributed by atoms with van der Waals surface area (Å²) in [7, 11) is 0. The van der Waals surface area contributed by atoms with Gasteiger partial charge in [0, 0.05) is 16.8 Å². The molecule has 1 amide bonds. The topological polar surface area (TPSA) is 29.1 Å². The summed E-state index contributed by atoms with van der Waals surface area (Å²) >= 11 is 1.76. The smallest absolute Gasteiger partial charge is 0.251 e. The Morgan fingerprint density at radius 1 is 1.14 bits per heavy atom. The highest BCUT2D eigenvalue weighted by Crippen LogP contribution is 2.25. The second-order valence-corrected chi connectivity index (χ2v) is 6.49. The van der Waals surface area contributed by atoms with Crippen molar-refractivity contribution >= 4 is 27.3 Å². The molecule has 1 N–H and O–H groups in total. The van der Waals surface area contributed by atoms with Crippen LogP contribution in [0.25, 0.3) is 10.1 Å². The molecule has 0 aliphatic carbocycles. The molecule has 1 heterocycles. The average Bonchev–Trinajstić information content (AvgIpc) is 2.93. The number of thiophene rings is 1. The normalized spacial score (nSPS) is 10.8. The number of nitrogens with one attached hydrogen (secondary N) is 1. The molecule has 2 aromatic carbocycles. The van der Waals surface area contributed by atoms with Crippen molar-refractivity contribution in [2.45, 2.75) is 20.3 Å². The van der Waals surface area contributed by atoms with Crippen LogP contribution in [0.5, 0.6) is 0 Å². The molecule has 22 heavy (non-hydrogen) atoms. The first-order valence-corrected chi connectivity index (χ1v) is 8.33. The Balaban J connectivity index is 1.65. The zero-order valence-corrected chi connectivity index (χ0v) is 13.7. The van der Waals surface area contributed by atoms with Gasteiger partial charge in [-0.1, -0.05) is 35.9 Å². The van der Waals surface area contributed by atoms with Crippen LogP contribution in [0.1, 0.15) is 27.0 Å².